The third kappa shape index (κ3) is 1.65. The second kappa shape index (κ2) is 3.42. The lowest BCUT2D eigenvalue weighted by Crippen LogP contribution is -2.02. The zero-order valence-corrected chi connectivity index (χ0v) is 8.18. The number of nitrogens with two attached hydrogens (primary N) is 1. The van der Waals surface area contributed by atoms with Crippen molar-refractivity contribution < 1.29 is 0 Å². The minimum absolute atomic E-state index is 0.322. The number of aromatic nitrogens is 3. The largest absolute Gasteiger partial charge is 0.368 e. The molecule has 2 rings (SSSR count). The molecule has 0 fully saturated rings. The van der Waals surface area contributed by atoms with Crippen molar-refractivity contribution in [1.82, 2.24) is 14.8 Å². The van der Waals surface area contributed by atoms with Gasteiger partial charge in [-0.05, 0) is 25.1 Å². The maximum Gasteiger partial charge on any atom is 0.223 e. The van der Waals surface area contributed by atoms with Crippen LogP contribution in [-0.2, 0) is 0 Å². The number of rotatable bonds is 1. The molecule has 0 amide bonds. The van der Waals surface area contributed by atoms with Crippen LogP contribution in [0, 0.1) is 18.3 Å². The Balaban J connectivity index is 2.55. The summed E-state index contributed by atoms with van der Waals surface area (Å²) in [5, 5.41) is 12.9. The Hall–Kier alpha value is -2.35. The van der Waals surface area contributed by atoms with E-state index in [0.29, 0.717) is 17.3 Å². The molecule has 0 bridgehead atoms. The summed E-state index contributed by atoms with van der Waals surface area (Å²) in [5.74, 6) is 0.928. The van der Waals surface area contributed by atoms with Gasteiger partial charge in [-0.1, -0.05) is 6.07 Å². The SMILES string of the molecule is Cc1nc(N)n(-c2cccc(C#N)c2)n1. The summed E-state index contributed by atoms with van der Waals surface area (Å²) in [6.45, 7) is 1.76. The van der Waals surface area contributed by atoms with Crippen LogP contribution in [0.3, 0.4) is 0 Å². The molecule has 1 aromatic heterocycles. The summed E-state index contributed by atoms with van der Waals surface area (Å²) in [6.07, 6.45) is 0. The molecule has 0 aliphatic carbocycles. The van der Waals surface area contributed by atoms with Crippen molar-refractivity contribution in [2.24, 2.45) is 0 Å². The lowest BCUT2D eigenvalue weighted by Gasteiger charge is -2.01. The Labute approximate surface area is 86.8 Å². The van der Waals surface area contributed by atoms with Gasteiger partial charge >= 0.3 is 0 Å². The lowest BCUT2D eigenvalue weighted by atomic mass is 10.2. The van der Waals surface area contributed by atoms with Gasteiger partial charge in [0.1, 0.15) is 5.82 Å². The van der Waals surface area contributed by atoms with Crippen molar-refractivity contribution in [2.45, 2.75) is 6.92 Å². The zero-order chi connectivity index (χ0) is 10.8. The van der Waals surface area contributed by atoms with Crippen molar-refractivity contribution in [3.8, 4) is 11.8 Å². The summed E-state index contributed by atoms with van der Waals surface area (Å²) in [5.41, 5.74) is 6.98. The van der Waals surface area contributed by atoms with Gasteiger partial charge in [-0.3, -0.25) is 0 Å². The molecule has 1 aromatic carbocycles. The van der Waals surface area contributed by atoms with Crippen LogP contribution in [0.2, 0.25) is 0 Å². The van der Waals surface area contributed by atoms with Crippen LogP contribution in [0.15, 0.2) is 24.3 Å². The molecule has 2 N–H and O–H groups in total. The minimum Gasteiger partial charge on any atom is -0.368 e. The Bertz CT molecular complexity index is 535. The first-order valence-corrected chi connectivity index (χ1v) is 4.40. The van der Waals surface area contributed by atoms with Crippen LogP contribution in [0.1, 0.15) is 11.4 Å². The van der Waals surface area contributed by atoms with Crippen LogP contribution in [0.25, 0.3) is 5.69 Å². The van der Waals surface area contributed by atoms with Crippen LogP contribution < -0.4 is 5.73 Å². The van der Waals surface area contributed by atoms with Crippen LogP contribution >= 0.6 is 0 Å². The monoisotopic (exact) mass is 199 g/mol. The number of hydrogen-bond donors (Lipinski definition) is 1. The third-order valence-electron chi connectivity index (χ3n) is 1.96. The topological polar surface area (TPSA) is 80.5 Å². The molecule has 0 spiro atoms. The molecule has 2 aromatic rings. The smallest absolute Gasteiger partial charge is 0.223 e. The number of nitrogens with zero attached hydrogens (tertiary/aromatic N) is 4. The van der Waals surface area contributed by atoms with Gasteiger partial charge in [0.05, 0.1) is 17.3 Å². The highest BCUT2D eigenvalue weighted by Gasteiger charge is 2.05. The summed E-state index contributed by atoms with van der Waals surface area (Å²) < 4.78 is 1.51. The summed E-state index contributed by atoms with van der Waals surface area (Å²) in [7, 11) is 0. The maximum absolute atomic E-state index is 8.76. The highest BCUT2D eigenvalue weighted by atomic mass is 15.4. The van der Waals surface area contributed by atoms with E-state index in [0.717, 1.165) is 5.69 Å². The first kappa shape index (κ1) is 9.21. The molecule has 74 valence electrons. The molecule has 0 atom stereocenters. The zero-order valence-electron chi connectivity index (χ0n) is 8.18. The molecule has 0 saturated heterocycles. The molecule has 0 aliphatic heterocycles. The van der Waals surface area contributed by atoms with Crippen LogP contribution in [0.4, 0.5) is 5.95 Å². The second-order valence-electron chi connectivity index (χ2n) is 3.09. The van der Waals surface area contributed by atoms with E-state index in [1.807, 2.05) is 6.07 Å². The minimum atomic E-state index is 0.322. The number of nitrogen functional groups attached to an aromatic ring is 1. The maximum atomic E-state index is 8.76. The van der Waals surface area contributed by atoms with Crippen LogP contribution in [-0.4, -0.2) is 14.8 Å². The molecular weight excluding hydrogens is 190 g/mol. The predicted octanol–water partition coefficient (Wildman–Crippen LogP) is 1.03. The molecule has 15 heavy (non-hydrogen) atoms. The molecule has 0 radical (unpaired) electrons. The van der Waals surface area contributed by atoms with E-state index in [4.69, 9.17) is 11.0 Å². The van der Waals surface area contributed by atoms with Crippen molar-refractivity contribution >= 4 is 5.95 Å². The average molecular weight is 199 g/mol. The van der Waals surface area contributed by atoms with Gasteiger partial charge < -0.3 is 5.73 Å². The molecule has 0 saturated carbocycles. The summed E-state index contributed by atoms with van der Waals surface area (Å²) >= 11 is 0. The third-order valence-corrected chi connectivity index (χ3v) is 1.96. The quantitative estimate of drug-likeness (QED) is 0.743. The van der Waals surface area contributed by atoms with Crippen molar-refractivity contribution in [2.75, 3.05) is 5.73 Å². The van der Waals surface area contributed by atoms with Gasteiger partial charge in [0.25, 0.3) is 0 Å². The molecule has 5 nitrogen and oxygen atoms in total. The Morgan fingerprint density at radius 2 is 2.27 bits per heavy atom. The van der Waals surface area contributed by atoms with Crippen molar-refractivity contribution in [1.29, 1.82) is 5.26 Å². The fourth-order valence-electron chi connectivity index (χ4n) is 1.33. The van der Waals surface area contributed by atoms with E-state index in [1.54, 1.807) is 25.1 Å². The molecule has 0 aliphatic rings. The highest BCUT2D eigenvalue weighted by molar-refractivity contribution is 5.43. The number of benzene rings is 1. The van der Waals surface area contributed by atoms with E-state index in [-0.39, 0.29) is 0 Å². The molecule has 1 heterocycles. The number of aryl methyl sites for hydroxylation is 1. The normalized spacial score (nSPS) is 9.87. The lowest BCUT2D eigenvalue weighted by molar-refractivity contribution is 0.871. The fourth-order valence-corrected chi connectivity index (χ4v) is 1.33. The van der Waals surface area contributed by atoms with Gasteiger partial charge in [0.15, 0.2) is 0 Å². The number of hydrogen-bond acceptors (Lipinski definition) is 4. The van der Waals surface area contributed by atoms with Gasteiger partial charge in [-0.25, -0.2) is 0 Å². The predicted molar refractivity (Wildman–Crippen MR) is 55.2 cm³/mol. The molecule has 5 heteroatoms. The van der Waals surface area contributed by atoms with E-state index in [9.17, 15) is 0 Å². The van der Waals surface area contributed by atoms with Gasteiger partial charge in [-0.2, -0.15) is 14.9 Å². The Kier molecular flexibility index (Phi) is 2.10. The van der Waals surface area contributed by atoms with E-state index in [1.165, 1.54) is 4.68 Å². The van der Waals surface area contributed by atoms with Crippen LogP contribution in [0.5, 0.6) is 0 Å². The second-order valence-corrected chi connectivity index (χ2v) is 3.09. The fraction of sp³-hybridized carbons (Fsp3) is 0.100. The van der Waals surface area contributed by atoms with Gasteiger partial charge in [0, 0.05) is 0 Å². The Morgan fingerprint density at radius 3 is 2.87 bits per heavy atom. The van der Waals surface area contributed by atoms with E-state index < -0.39 is 0 Å². The standard InChI is InChI=1S/C10H9N5/c1-7-13-10(12)15(14-7)9-4-2-3-8(5-9)6-11/h2-5H,1H3,(H2,12,13,14). The highest BCUT2D eigenvalue weighted by Crippen LogP contribution is 2.12. The van der Waals surface area contributed by atoms with Gasteiger partial charge in [0.2, 0.25) is 5.95 Å². The summed E-state index contributed by atoms with van der Waals surface area (Å²) in [4.78, 5) is 3.99. The summed E-state index contributed by atoms with van der Waals surface area (Å²) in [6, 6.07) is 9.11. The van der Waals surface area contributed by atoms with Gasteiger partial charge in [-0.15, -0.1) is 5.10 Å². The van der Waals surface area contributed by atoms with Crippen molar-refractivity contribution in [3.63, 3.8) is 0 Å². The Morgan fingerprint density at radius 1 is 1.47 bits per heavy atom. The van der Waals surface area contributed by atoms with E-state index >= 15 is 0 Å². The van der Waals surface area contributed by atoms with E-state index in [2.05, 4.69) is 16.2 Å². The first-order chi connectivity index (χ1) is 7.20. The first-order valence-electron chi connectivity index (χ1n) is 4.40. The average Bonchev–Trinajstić information content (AvgIpc) is 2.58. The number of nitriles is 1. The molecular formula is C10H9N5. The van der Waals surface area contributed by atoms with Crippen molar-refractivity contribution in [3.05, 3.63) is 35.7 Å². The number of anilines is 1. The molecule has 0 unspecified atom stereocenters.